The van der Waals surface area contributed by atoms with Crippen molar-refractivity contribution in [1.29, 1.82) is 0 Å². The summed E-state index contributed by atoms with van der Waals surface area (Å²) in [7, 11) is 0. The van der Waals surface area contributed by atoms with E-state index in [2.05, 4.69) is 20.8 Å². The Bertz CT molecular complexity index is 634. The molecule has 3 rings (SSSR count). The van der Waals surface area contributed by atoms with E-state index in [9.17, 15) is 19.8 Å². The predicted molar refractivity (Wildman–Crippen MR) is 92.7 cm³/mol. The van der Waals surface area contributed by atoms with E-state index in [4.69, 9.17) is 4.74 Å². The van der Waals surface area contributed by atoms with Gasteiger partial charge in [0.1, 0.15) is 18.3 Å². The number of allylic oxidation sites excluding steroid dienone is 1. The van der Waals surface area contributed by atoms with E-state index in [1.54, 1.807) is 6.92 Å². The first-order valence-corrected chi connectivity index (χ1v) is 9.31. The van der Waals surface area contributed by atoms with Crippen molar-refractivity contribution in [3.05, 3.63) is 11.1 Å². The van der Waals surface area contributed by atoms with Crippen molar-refractivity contribution < 1.29 is 24.5 Å². The predicted octanol–water partition coefficient (Wildman–Crippen LogP) is 2.54. The second-order valence-electron chi connectivity index (χ2n) is 9.21. The molecule has 5 heteroatoms. The number of aliphatic hydroxyl groups is 2. The zero-order valence-electron chi connectivity index (χ0n) is 15.7. The van der Waals surface area contributed by atoms with Crippen LogP contribution in [0, 0.1) is 16.7 Å². The number of ketones is 1. The standard InChI is InChI=1S/C20H30O5/c1-12-13(6-9-20(24)10-14(21)25-11-20)19(4)8-5-7-18(2,3)17(19)16(23)15(12)22/h16-17,23-24H,5-11H2,1-4H3/t16-,17+,19-,20-/m0/s1. The first kappa shape index (κ1) is 18.6. The molecule has 2 N–H and O–H groups in total. The molecule has 1 aliphatic heterocycles. The molecule has 4 atom stereocenters. The Hall–Kier alpha value is -1.20. The van der Waals surface area contributed by atoms with Gasteiger partial charge in [0.05, 0.1) is 6.42 Å². The Labute approximate surface area is 149 Å². The van der Waals surface area contributed by atoms with Gasteiger partial charge in [-0.25, -0.2) is 0 Å². The molecule has 5 nitrogen and oxygen atoms in total. The van der Waals surface area contributed by atoms with Crippen molar-refractivity contribution in [2.45, 2.75) is 77.9 Å². The maximum Gasteiger partial charge on any atom is 0.308 e. The molecule has 0 aromatic heterocycles. The third-order valence-electron chi connectivity index (χ3n) is 6.96. The van der Waals surface area contributed by atoms with Gasteiger partial charge in [0.15, 0.2) is 5.78 Å². The molecule has 0 spiro atoms. The lowest BCUT2D eigenvalue weighted by molar-refractivity contribution is -0.140. The average molecular weight is 350 g/mol. The van der Waals surface area contributed by atoms with Gasteiger partial charge in [0, 0.05) is 5.92 Å². The lowest BCUT2D eigenvalue weighted by Crippen LogP contribution is -2.55. The summed E-state index contributed by atoms with van der Waals surface area (Å²) in [6, 6.07) is 0. The van der Waals surface area contributed by atoms with Crippen LogP contribution in [0.1, 0.15) is 66.2 Å². The van der Waals surface area contributed by atoms with E-state index in [0.29, 0.717) is 18.4 Å². The molecule has 3 aliphatic rings. The number of rotatable bonds is 3. The maximum absolute atomic E-state index is 12.7. The van der Waals surface area contributed by atoms with Crippen LogP contribution in [0.5, 0.6) is 0 Å². The van der Waals surface area contributed by atoms with Crippen LogP contribution in [-0.2, 0) is 14.3 Å². The fraction of sp³-hybridized carbons (Fsp3) is 0.800. The van der Waals surface area contributed by atoms with Crippen LogP contribution in [-0.4, -0.2) is 40.3 Å². The minimum absolute atomic E-state index is 0.0154. The van der Waals surface area contributed by atoms with E-state index in [1.807, 2.05) is 0 Å². The topological polar surface area (TPSA) is 83.8 Å². The molecule has 0 amide bonds. The van der Waals surface area contributed by atoms with Crippen LogP contribution in [0.15, 0.2) is 11.1 Å². The van der Waals surface area contributed by atoms with Gasteiger partial charge in [0.25, 0.3) is 0 Å². The number of carbonyl (C=O) groups excluding carboxylic acids is 2. The van der Waals surface area contributed by atoms with Crippen LogP contribution in [0.3, 0.4) is 0 Å². The quantitative estimate of drug-likeness (QED) is 0.764. The van der Waals surface area contributed by atoms with Crippen LogP contribution in [0.25, 0.3) is 0 Å². The molecule has 1 heterocycles. The highest BCUT2D eigenvalue weighted by Crippen LogP contribution is 2.59. The number of aliphatic hydroxyl groups excluding tert-OH is 1. The summed E-state index contributed by atoms with van der Waals surface area (Å²) >= 11 is 0. The van der Waals surface area contributed by atoms with Gasteiger partial charge in [-0.15, -0.1) is 0 Å². The highest BCUT2D eigenvalue weighted by molar-refractivity contribution is 6.00. The largest absolute Gasteiger partial charge is 0.463 e. The molecule has 0 radical (unpaired) electrons. The van der Waals surface area contributed by atoms with E-state index in [-0.39, 0.29) is 41.5 Å². The summed E-state index contributed by atoms with van der Waals surface area (Å²) in [6.07, 6.45) is 3.01. The van der Waals surface area contributed by atoms with Crippen molar-refractivity contribution in [3.63, 3.8) is 0 Å². The molecule has 25 heavy (non-hydrogen) atoms. The molecule has 1 saturated carbocycles. The smallest absolute Gasteiger partial charge is 0.308 e. The Kier molecular flexibility index (Phi) is 4.40. The first-order chi connectivity index (χ1) is 11.5. The Balaban J connectivity index is 1.93. The van der Waals surface area contributed by atoms with Crippen LogP contribution >= 0.6 is 0 Å². The Morgan fingerprint density at radius 1 is 1.20 bits per heavy atom. The molecule has 140 valence electrons. The average Bonchev–Trinajstić information content (AvgIpc) is 2.83. The van der Waals surface area contributed by atoms with Gasteiger partial charge < -0.3 is 14.9 Å². The molecule has 2 aliphatic carbocycles. The number of ether oxygens (including phenoxy) is 1. The minimum atomic E-state index is -1.14. The summed E-state index contributed by atoms with van der Waals surface area (Å²) in [6.45, 7) is 8.26. The number of hydrogen-bond donors (Lipinski definition) is 2. The normalized spacial score (nSPS) is 40.9. The fourth-order valence-corrected chi connectivity index (χ4v) is 5.73. The van der Waals surface area contributed by atoms with Crippen molar-refractivity contribution in [1.82, 2.24) is 0 Å². The highest BCUT2D eigenvalue weighted by atomic mass is 16.6. The summed E-state index contributed by atoms with van der Waals surface area (Å²) in [5, 5.41) is 21.3. The monoisotopic (exact) mass is 350 g/mol. The van der Waals surface area contributed by atoms with Gasteiger partial charge in [-0.1, -0.05) is 32.8 Å². The Morgan fingerprint density at radius 2 is 1.88 bits per heavy atom. The third-order valence-corrected chi connectivity index (χ3v) is 6.96. The fourth-order valence-electron chi connectivity index (χ4n) is 5.73. The number of cyclic esters (lactones) is 1. The summed E-state index contributed by atoms with van der Waals surface area (Å²) in [4.78, 5) is 24.1. The number of carbonyl (C=O) groups is 2. The molecule has 0 aromatic carbocycles. The van der Waals surface area contributed by atoms with Crippen LogP contribution in [0.2, 0.25) is 0 Å². The van der Waals surface area contributed by atoms with E-state index in [0.717, 1.165) is 24.8 Å². The van der Waals surface area contributed by atoms with Gasteiger partial charge >= 0.3 is 5.97 Å². The van der Waals surface area contributed by atoms with Crippen LogP contribution < -0.4 is 0 Å². The maximum atomic E-state index is 12.7. The second kappa shape index (κ2) is 5.92. The van der Waals surface area contributed by atoms with E-state index >= 15 is 0 Å². The van der Waals surface area contributed by atoms with Gasteiger partial charge in [-0.3, -0.25) is 9.59 Å². The zero-order chi connectivity index (χ0) is 18.6. The van der Waals surface area contributed by atoms with Gasteiger partial charge in [-0.05, 0) is 49.0 Å². The van der Waals surface area contributed by atoms with Crippen molar-refractivity contribution in [2.24, 2.45) is 16.7 Å². The second-order valence-corrected chi connectivity index (χ2v) is 9.21. The molecule has 0 bridgehead atoms. The lowest BCUT2D eigenvalue weighted by Gasteiger charge is -2.56. The van der Waals surface area contributed by atoms with Crippen molar-refractivity contribution in [2.75, 3.05) is 6.61 Å². The minimum Gasteiger partial charge on any atom is -0.463 e. The van der Waals surface area contributed by atoms with Crippen molar-refractivity contribution in [3.8, 4) is 0 Å². The lowest BCUT2D eigenvalue weighted by atomic mass is 9.48. The van der Waals surface area contributed by atoms with E-state index in [1.165, 1.54) is 0 Å². The Morgan fingerprint density at radius 3 is 2.48 bits per heavy atom. The third kappa shape index (κ3) is 2.95. The number of Topliss-reactive ketones (excluding diaryl/α,β-unsaturated/α-hetero) is 1. The molecule has 0 aromatic rings. The van der Waals surface area contributed by atoms with Gasteiger partial charge in [-0.2, -0.15) is 0 Å². The number of esters is 1. The van der Waals surface area contributed by atoms with E-state index < -0.39 is 11.7 Å². The first-order valence-electron chi connectivity index (χ1n) is 9.31. The zero-order valence-corrected chi connectivity index (χ0v) is 15.7. The number of hydrogen-bond acceptors (Lipinski definition) is 5. The molecule has 1 saturated heterocycles. The molecular formula is C20H30O5. The van der Waals surface area contributed by atoms with Crippen LogP contribution in [0.4, 0.5) is 0 Å². The SMILES string of the molecule is CC1=C(CC[C@@]2(O)COC(=O)C2)[C@]2(C)CCCC(C)(C)[C@H]2[C@@H](O)C1=O. The summed E-state index contributed by atoms with van der Waals surface area (Å²) in [5.74, 6) is -0.666. The summed E-state index contributed by atoms with van der Waals surface area (Å²) < 4.78 is 4.93. The molecule has 0 unspecified atom stereocenters. The molecular weight excluding hydrogens is 320 g/mol. The van der Waals surface area contributed by atoms with Gasteiger partial charge in [0.2, 0.25) is 0 Å². The van der Waals surface area contributed by atoms with Crippen molar-refractivity contribution >= 4 is 11.8 Å². The molecule has 2 fully saturated rings. The number of fused-ring (bicyclic) bond motifs is 1. The highest BCUT2D eigenvalue weighted by Gasteiger charge is 2.56. The summed E-state index contributed by atoms with van der Waals surface area (Å²) in [5.41, 5.74) is 0.182.